The maximum atomic E-state index is 4.30. The Hall–Kier alpha value is -2.60. The number of hydrogen-bond acceptors (Lipinski definition) is 6. The first-order valence-electron chi connectivity index (χ1n) is 7.80. The van der Waals surface area contributed by atoms with Crippen LogP contribution in [0, 0.1) is 0 Å². The Balaban J connectivity index is 1.42. The number of aromatic nitrogens is 4. The molecule has 1 fully saturated rings. The molecule has 1 saturated heterocycles. The summed E-state index contributed by atoms with van der Waals surface area (Å²) in [7, 11) is 0. The zero-order valence-electron chi connectivity index (χ0n) is 12.8. The maximum absolute atomic E-state index is 4.30. The van der Waals surface area contributed by atoms with Crippen LogP contribution in [-0.2, 0) is 6.54 Å². The molecular weight excluding hydrogens is 288 g/mol. The normalized spacial score (nSPS) is 15.9. The van der Waals surface area contributed by atoms with Gasteiger partial charge in [0.1, 0.15) is 12.7 Å². The van der Waals surface area contributed by atoms with Gasteiger partial charge in [-0.1, -0.05) is 0 Å². The molecule has 1 aliphatic rings. The van der Waals surface area contributed by atoms with E-state index in [1.165, 1.54) is 5.69 Å². The van der Waals surface area contributed by atoms with Crippen LogP contribution in [0.2, 0.25) is 0 Å². The highest BCUT2D eigenvalue weighted by atomic mass is 15.3. The smallest absolute Gasteiger partial charge is 0.116 e. The molecule has 0 amide bonds. The molecule has 0 spiro atoms. The highest BCUT2D eigenvalue weighted by molar-refractivity contribution is 5.81. The van der Waals surface area contributed by atoms with Crippen LogP contribution in [0.15, 0.2) is 49.3 Å². The van der Waals surface area contributed by atoms with Gasteiger partial charge in [-0.25, -0.2) is 19.9 Å². The minimum atomic E-state index is 0.891. The number of piperazine rings is 1. The van der Waals surface area contributed by atoms with Gasteiger partial charge < -0.3 is 4.90 Å². The van der Waals surface area contributed by atoms with Crippen molar-refractivity contribution >= 4 is 16.6 Å². The molecule has 0 saturated carbocycles. The van der Waals surface area contributed by atoms with Crippen molar-refractivity contribution in [2.45, 2.75) is 6.54 Å². The molecule has 1 aliphatic heterocycles. The molecule has 0 aliphatic carbocycles. The third-order valence-corrected chi connectivity index (χ3v) is 4.25. The lowest BCUT2D eigenvalue weighted by Crippen LogP contribution is -2.46. The van der Waals surface area contributed by atoms with Gasteiger partial charge in [0.15, 0.2) is 0 Å². The fourth-order valence-electron chi connectivity index (χ4n) is 2.97. The SMILES string of the molecule is c1cc(CN2CCN(c3ccc4ncncc4c3)CC2)ncn1. The Morgan fingerprint density at radius 2 is 1.78 bits per heavy atom. The standard InChI is InChI=1S/C17H18N6/c1-2-17-14(10-19-13-21-17)9-16(1)23-7-5-22(6-8-23)11-15-3-4-18-12-20-15/h1-4,9-10,12-13H,5-8,11H2. The van der Waals surface area contributed by atoms with Gasteiger partial charge in [-0.15, -0.1) is 0 Å². The van der Waals surface area contributed by atoms with Crippen LogP contribution < -0.4 is 4.90 Å². The molecule has 0 bridgehead atoms. The molecule has 0 unspecified atom stereocenters. The second-order valence-electron chi connectivity index (χ2n) is 5.73. The minimum absolute atomic E-state index is 0.891. The van der Waals surface area contributed by atoms with Crippen molar-refractivity contribution < 1.29 is 0 Å². The van der Waals surface area contributed by atoms with E-state index in [2.05, 4.69) is 47.9 Å². The van der Waals surface area contributed by atoms with Crippen LogP contribution in [0.1, 0.15) is 5.69 Å². The minimum Gasteiger partial charge on any atom is -0.369 e. The van der Waals surface area contributed by atoms with Crippen LogP contribution in [-0.4, -0.2) is 51.0 Å². The predicted molar refractivity (Wildman–Crippen MR) is 89.1 cm³/mol. The molecule has 2 aromatic heterocycles. The number of hydrogen-bond donors (Lipinski definition) is 0. The molecule has 3 heterocycles. The second-order valence-corrected chi connectivity index (χ2v) is 5.73. The van der Waals surface area contributed by atoms with Crippen LogP contribution in [0.3, 0.4) is 0 Å². The van der Waals surface area contributed by atoms with E-state index in [-0.39, 0.29) is 0 Å². The molecule has 3 aromatic rings. The van der Waals surface area contributed by atoms with Gasteiger partial charge in [-0.05, 0) is 24.3 Å². The molecule has 0 N–H and O–H groups in total. The van der Waals surface area contributed by atoms with E-state index < -0.39 is 0 Å². The van der Waals surface area contributed by atoms with E-state index in [0.29, 0.717) is 0 Å². The van der Waals surface area contributed by atoms with Crippen LogP contribution in [0.25, 0.3) is 10.9 Å². The largest absolute Gasteiger partial charge is 0.369 e. The van der Waals surface area contributed by atoms with Crippen molar-refractivity contribution in [1.29, 1.82) is 0 Å². The quantitative estimate of drug-likeness (QED) is 0.735. The topological polar surface area (TPSA) is 58.0 Å². The molecule has 0 radical (unpaired) electrons. The van der Waals surface area contributed by atoms with Crippen LogP contribution in [0.5, 0.6) is 0 Å². The Bertz CT molecular complexity index is 783. The maximum Gasteiger partial charge on any atom is 0.116 e. The van der Waals surface area contributed by atoms with Crippen molar-refractivity contribution in [3.8, 4) is 0 Å². The van der Waals surface area contributed by atoms with Gasteiger partial charge in [0.05, 0.1) is 11.2 Å². The second kappa shape index (κ2) is 6.26. The summed E-state index contributed by atoms with van der Waals surface area (Å²) in [5.41, 5.74) is 3.32. The molecule has 4 rings (SSSR count). The Labute approximate surface area is 134 Å². The number of benzene rings is 1. The summed E-state index contributed by atoms with van der Waals surface area (Å²) in [5.74, 6) is 0. The van der Waals surface area contributed by atoms with Crippen LogP contribution >= 0.6 is 0 Å². The Morgan fingerprint density at radius 3 is 2.61 bits per heavy atom. The highest BCUT2D eigenvalue weighted by Crippen LogP contribution is 2.21. The van der Waals surface area contributed by atoms with Gasteiger partial charge in [-0.2, -0.15) is 0 Å². The molecule has 116 valence electrons. The zero-order chi connectivity index (χ0) is 15.5. The first-order chi connectivity index (χ1) is 11.4. The summed E-state index contributed by atoms with van der Waals surface area (Å²) in [6.45, 7) is 5.00. The number of nitrogens with zero attached hydrogens (tertiary/aromatic N) is 6. The molecule has 1 aromatic carbocycles. The van der Waals surface area contributed by atoms with Gasteiger partial charge in [0.2, 0.25) is 0 Å². The first kappa shape index (κ1) is 14.0. The predicted octanol–water partition coefficient (Wildman–Crippen LogP) is 1.74. The van der Waals surface area contributed by atoms with Crippen molar-refractivity contribution in [3.63, 3.8) is 0 Å². The lowest BCUT2D eigenvalue weighted by atomic mass is 10.2. The van der Waals surface area contributed by atoms with E-state index in [1.54, 1.807) is 18.9 Å². The zero-order valence-corrected chi connectivity index (χ0v) is 12.8. The Kier molecular flexibility index (Phi) is 3.81. The molecule has 0 atom stereocenters. The Morgan fingerprint density at radius 1 is 0.913 bits per heavy atom. The summed E-state index contributed by atoms with van der Waals surface area (Å²) in [6.07, 6.45) is 6.88. The van der Waals surface area contributed by atoms with Gasteiger partial charge in [0.25, 0.3) is 0 Å². The fraction of sp³-hybridized carbons (Fsp3) is 0.294. The summed E-state index contributed by atoms with van der Waals surface area (Å²) < 4.78 is 0. The molecule has 6 heteroatoms. The number of fused-ring (bicyclic) bond motifs is 1. The van der Waals surface area contributed by atoms with Crippen molar-refractivity contribution in [3.05, 3.63) is 55.0 Å². The molecule has 23 heavy (non-hydrogen) atoms. The summed E-state index contributed by atoms with van der Waals surface area (Å²) in [4.78, 5) is 21.5. The summed E-state index contributed by atoms with van der Waals surface area (Å²) >= 11 is 0. The van der Waals surface area contributed by atoms with E-state index in [4.69, 9.17) is 0 Å². The van der Waals surface area contributed by atoms with E-state index >= 15 is 0 Å². The lowest BCUT2D eigenvalue weighted by Gasteiger charge is -2.36. The van der Waals surface area contributed by atoms with Crippen molar-refractivity contribution in [1.82, 2.24) is 24.8 Å². The monoisotopic (exact) mass is 306 g/mol. The van der Waals surface area contributed by atoms with Crippen LogP contribution in [0.4, 0.5) is 5.69 Å². The highest BCUT2D eigenvalue weighted by Gasteiger charge is 2.17. The molecule has 6 nitrogen and oxygen atoms in total. The van der Waals surface area contributed by atoms with Crippen molar-refractivity contribution in [2.24, 2.45) is 0 Å². The lowest BCUT2D eigenvalue weighted by molar-refractivity contribution is 0.247. The average molecular weight is 306 g/mol. The average Bonchev–Trinajstić information content (AvgIpc) is 2.63. The van der Waals surface area contributed by atoms with E-state index in [9.17, 15) is 0 Å². The van der Waals surface area contributed by atoms with Gasteiger partial charge in [-0.3, -0.25) is 4.90 Å². The van der Waals surface area contributed by atoms with E-state index in [1.807, 2.05) is 12.3 Å². The van der Waals surface area contributed by atoms with Crippen molar-refractivity contribution in [2.75, 3.05) is 31.1 Å². The number of anilines is 1. The number of rotatable bonds is 3. The van der Waals surface area contributed by atoms with Gasteiger partial charge >= 0.3 is 0 Å². The summed E-state index contributed by atoms with van der Waals surface area (Å²) in [5, 5.41) is 1.09. The fourth-order valence-corrected chi connectivity index (χ4v) is 2.97. The molecular formula is C17H18N6. The first-order valence-corrected chi connectivity index (χ1v) is 7.80. The summed E-state index contributed by atoms with van der Waals surface area (Å²) in [6, 6.07) is 8.38. The third-order valence-electron chi connectivity index (χ3n) is 4.25. The van der Waals surface area contributed by atoms with E-state index in [0.717, 1.165) is 49.3 Å². The van der Waals surface area contributed by atoms with Gasteiger partial charge in [0, 0.05) is 56.2 Å². The third kappa shape index (κ3) is 3.12.